The summed E-state index contributed by atoms with van der Waals surface area (Å²) in [7, 11) is 1.41. The number of methoxy groups -OCH3 is 1. The Labute approximate surface area is 169 Å². The SMILES string of the molecule is COc1cc(/C=N/NC(=O)C[n+]2c(-c3nonc3N)[nH]c3ccccc32)ccc1[O-]. The molecule has 152 valence electrons. The van der Waals surface area contributed by atoms with Gasteiger partial charge < -0.3 is 15.6 Å². The third-order valence-corrected chi connectivity index (χ3v) is 4.35. The highest BCUT2D eigenvalue weighted by Crippen LogP contribution is 2.23. The molecule has 30 heavy (non-hydrogen) atoms. The van der Waals surface area contributed by atoms with E-state index in [1.165, 1.54) is 25.5 Å². The second-order valence-electron chi connectivity index (χ2n) is 6.28. The number of nitrogens with zero attached hydrogens (tertiary/aromatic N) is 4. The fourth-order valence-electron chi connectivity index (χ4n) is 2.96. The van der Waals surface area contributed by atoms with Gasteiger partial charge in [-0.05, 0) is 34.1 Å². The van der Waals surface area contributed by atoms with Gasteiger partial charge in [0.1, 0.15) is 5.75 Å². The minimum Gasteiger partial charge on any atom is -0.870 e. The molecule has 0 aliphatic rings. The standard InChI is InChI=1S/C19H17N7O4/c1-29-15-8-11(6-7-14(15)27)9-21-23-16(28)10-26-13-5-3-2-4-12(13)22-19(26)17-18(20)25-30-24-17/h2-9H,10H2,1H3,(H4,20,21,22,23,24,25,27,28). The van der Waals surface area contributed by atoms with E-state index in [0.717, 1.165) is 11.0 Å². The maximum absolute atomic E-state index is 12.5. The van der Waals surface area contributed by atoms with Crippen LogP contribution in [0.25, 0.3) is 22.6 Å². The van der Waals surface area contributed by atoms with Crippen LogP contribution in [0.15, 0.2) is 52.2 Å². The number of nitrogens with two attached hydrogens (primary N) is 1. The lowest BCUT2D eigenvalue weighted by atomic mass is 10.2. The Hall–Kier alpha value is -4.41. The highest BCUT2D eigenvalue weighted by Gasteiger charge is 2.27. The molecule has 0 aliphatic heterocycles. The van der Waals surface area contributed by atoms with Gasteiger partial charge in [-0.15, -0.1) is 0 Å². The largest absolute Gasteiger partial charge is 0.870 e. The summed E-state index contributed by atoms with van der Waals surface area (Å²) >= 11 is 0. The van der Waals surface area contributed by atoms with Crippen LogP contribution in [0.1, 0.15) is 5.56 Å². The lowest BCUT2D eigenvalue weighted by Gasteiger charge is -2.11. The monoisotopic (exact) mass is 407 g/mol. The van der Waals surface area contributed by atoms with E-state index in [4.69, 9.17) is 10.5 Å². The zero-order valence-corrected chi connectivity index (χ0v) is 15.8. The third-order valence-electron chi connectivity index (χ3n) is 4.35. The molecule has 2 aromatic heterocycles. The topological polar surface area (TPSA) is 158 Å². The number of hydrogen-bond donors (Lipinski definition) is 3. The number of ether oxygens (including phenoxy) is 1. The first-order valence-electron chi connectivity index (χ1n) is 8.82. The fraction of sp³-hybridized carbons (Fsp3) is 0.105. The van der Waals surface area contributed by atoms with E-state index >= 15 is 0 Å². The Morgan fingerprint density at radius 2 is 2.20 bits per heavy atom. The van der Waals surface area contributed by atoms with Crippen molar-refractivity contribution in [1.29, 1.82) is 0 Å². The van der Waals surface area contributed by atoms with Gasteiger partial charge >= 0.3 is 5.82 Å². The van der Waals surface area contributed by atoms with E-state index in [2.05, 4.69) is 30.5 Å². The van der Waals surface area contributed by atoms with Crippen LogP contribution in [0.5, 0.6) is 11.5 Å². The van der Waals surface area contributed by atoms with Crippen LogP contribution < -0.4 is 25.6 Å². The number of carbonyl (C=O) groups is 1. The van der Waals surface area contributed by atoms with E-state index < -0.39 is 0 Å². The van der Waals surface area contributed by atoms with Crippen molar-refractivity contribution in [3.63, 3.8) is 0 Å². The number of nitrogens with one attached hydrogen (secondary N) is 2. The molecule has 0 fully saturated rings. The number of nitrogen functional groups attached to an aromatic ring is 1. The van der Waals surface area contributed by atoms with Crippen molar-refractivity contribution in [2.45, 2.75) is 6.54 Å². The molecule has 0 radical (unpaired) electrons. The zero-order valence-electron chi connectivity index (χ0n) is 15.8. The number of aromatic amines is 1. The molecular weight excluding hydrogens is 390 g/mol. The minimum absolute atomic E-state index is 0.0637. The van der Waals surface area contributed by atoms with Crippen molar-refractivity contribution in [3.8, 4) is 23.0 Å². The molecule has 1 amide bonds. The summed E-state index contributed by atoms with van der Waals surface area (Å²) < 4.78 is 11.4. The van der Waals surface area contributed by atoms with E-state index in [0.29, 0.717) is 17.1 Å². The first-order chi connectivity index (χ1) is 14.6. The summed E-state index contributed by atoms with van der Waals surface area (Å²) in [6.45, 7) is -0.0637. The number of rotatable bonds is 6. The highest BCUT2D eigenvalue weighted by molar-refractivity contribution is 5.83. The molecule has 0 saturated carbocycles. The summed E-state index contributed by atoms with van der Waals surface area (Å²) in [4.78, 5) is 15.7. The summed E-state index contributed by atoms with van der Waals surface area (Å²) in [6, 6.07) is 11.9. The van der Waals surface area contributed by atoms with E-state index in [1.54, 1.807) is 10.6 Å². The van der Waals surface area contributed by atoms with Crippen LogP contribution in [-0.2, 0) is 11.3 Å². The predicted molar refractivity (Wildman–Crippen MR) is 104 cm³/mol. The minimum atomic E-state index is -0.385. The summed E-state index contributed by atoms with van der Waals surface area (Å²) in [5, 5.41) is 22.9. The van der Waals surface area contributed by atoms with Gasteiger partial charge in [-0.2, -0.15) is 5.10 Å². The number of benzene rings is 2. The van der Waals surface area contributed by atoms with Crippen molar-refractivity contribution >= 4 is 29.0 Å². The highest BCUT2D eigenvalue weighted by atomic mass is 16.6. The molecule has 11 heteroatoms. The molecule has 2 heterocycles. The first-order valence-corrected chi connectivity index (χ1v) is 8.82. The van der Waals surface area contributed by atoms with Gasteiger partial charge in [-0.1, -0.05) is 30.0 Å². The second-order valence-corrected chi connectivity index (χ2v) is 6.28. The number of hydrogen-bond acceptors (Lipinski definition) is 8. The van der Waals surface area contributed by atoms with Crippen molar-refractivity contribution in [3.05, 3.63) is 48.0 Å². The maximum Gasteiger partial charge on any atom is 0.314 e. The summed E-state index contributed by atoms with van der Waals surface area (Å²) in [6.07, 6.45) is 1.42. The van der Waals surface area contributed by atoms with E-state index in [-0.39, 0.29) is 29.8 Å². The smallest absolute Gasteiger partial charge is 0.314 e. The number of fused-ring (bicyclic) bond motifs is 1. The van der Waals surface area contributed by atoms with Gasteiger partial charge in [0.15, 0.2) is 17.6 Å². The number of H-pyrrole nitrogens is 1. The molecule has 0 aliphatic carbocycles. The Bertz CT molecular complexity index is 1240. The lowest BCUT2D eigenvalue weighted by Crippen LogP contribution is -2.42. The second kappa shape index (κ2) is 7.91. The average Bonchev–Trinajstić information content (AvgIpc) is 3.32. The van der Waals surface area contributed by atoms with Crippen LogP contribution in [0.2, 0.25) is 0 Å². The van der Waals surface area contributed by atoms with Gasteiger partial charge in [-0.3, -0.25) is 4.79 Å². The molecule has 4 N–H and O–H groups in total. The van der Waals surface area contributed by atoms with Crippen LogP contribution >= 0.6 is 0 Å². The lowest BCUT2D eigenvalue weighted by molar-refractivity contribution is -0.647. The summed E-state index contributed by atoms with van der Waals surface area (Å²) in [5.74, 6) is 0.158. The Kier molecular flexibility index (Phi) is 4.99. The molecule has 0 spiro atoms. The van der Waals surface area contributed by atoms with Crippen LogP contribution in [0.3, 0.4) is 0 Å². The van der Waals surface area contributed by atoms with Gasteiger partial charge in [0.25, 0.3) is 5.91 Å². The molecule has 0 bridgehead atoms. The number of para-hydroxylation sites is 2. The number of anilines is 1. The van der Waals surface area contributed by atoms with Gasteiger partial charge in [0, 0.05) is 0 Å². The van der Waals surface area contributed by atoms with Gasteiger partial charge in [-0.25, -0.2) is 19.6 Å². The average molecular weight is 407 g/mol. The predicted octanol–water partition coefficient (Wildman–Crippen LogP) is 0.320. The zero-order chi connectivity index (χ0) is 21.1. The van der Waals surface area contributed by atoms with Crippen LogP contribution in [0.4, 0.5) is 5.82 Å². The van der Waals surface area contributed by atoms with Gasteiger partial charge in [0.05, 0.1) is 13.3 Å². The molecule has 0 saturated heterocycles. The number of carbonyl (C=O) groups excluding carboxylic acids is 1. The van der Waals surface area contributed by atoms with Crippen molar-refractivity contribution in [2.24, 2.45) is 5.10 Å². The van der Waals surface area contributed by atoms with Crippen LogP contribution in [0, 0.1) is 0 Å². The number of aromatic nitrogens is 4. The van der Waals surface area contributed by atoms with E-state index in [1.807, 2.05) is 24.3 Å². The molecular formula is C19H17N7O4. The third kappa shape index (κ3) is 3.63. The van der Waals surface area contributed by atoms with Gasteiger partial charge in [0.2, 0.25) is 11.5 Å². The molecule has 0 unspecified atom stereocenters. The summed E-state index contributed by atoms with van der Waals surface area (Å²) in [5.41, 5.74) is 10.7. The van der Waals surface area contributed by atoms with Crippen molar-refractivity contribution in [1.82, 2.24) is 20.7 Å². The normalized spacial score (nSPS) is 11.2. The molecule has 0 atom stereocenters. The number of amides is 1. The Morgan fingerprint density at radius 1 is 1.37 bits per heavy atom. The molecule has 2 aromatic carbocycles. The maximum atomic E-state index is 12.5. The first kappa shape index (κ1) is 18.9. The Morgan fingerprint density at radius 3 is 2.97 bits per heavy atom. The number of imidazole rings is 1. The van der Waals surface area contributed by atoms with Crippen molar-refractivity contribution in [2.75, 3.05) is 12.8 Å². The molecule has 4 rings (SSSR count). The Balaban J connectivity index is 1.55. The van der Waals surface area contributed by atoms with Crippen LogP contribution in [-0.4, -0.2) is 34.5 Å². The molecule has 11 nitrogen and oxygen atoms in total. The fourth-order valence-corrected chi connectivity index (χ4v) is 2.96. The number of hydrazone groups is 1. The molecule has 4 aromatic rings. The van der Waals surface area contributed by atoms with E-state index in [9.17, 15) is 9.90 Å². The van der Waals surface area contributed by atoms with Crippen molar-refractivity contribution < 1.29 is 23.8 Å². The quantitative estimate of drug-likeness (QED) is 0.236.